The Labute approximate surface area is 153 Å². The topological polar surface area (TPSA) is 85.0 Å². The summed E-state index contributed by atoms with van der Waals surface area (Å²) >= 11 is 0. The standard InChI is InChI=1S/C14H24N8.HI/c1-4-13-20-18-11-22(13)9-8-16-14(15-5-2)17-10-12-6-7-19-21(12)3;/h6-7,11H,4-5,8-10H2,1-3H3,(H2,15,16,17);1H. The number of hydrogen-bond donors (Lipinski definition) is 2. The van der Waals surface area contributed by atoms with Crippen molar-refractivity contribution >= 4 is 29.9 Å². The molecular weight excluding hydrogens is 407 g/mol. The van der Waals surface area contributed by atoms with E-state index in [1.807, 2.05) is 17.8 Å². The van der Waals surface area contributed by atoms with Crippen LogP contribution in [0.3, 0.4) is 0 Å². The number of nitrogens with one attached hydrogen (secondary N) is 2. The van der Waals surface area contributed by atoms with E-state index in [0.29, 0.717) is 6.54 Å². The molecule has 2 N–H and O–H groups in total. The van der Waals surface area contributed by atoms with Gasteiger partial charge in [-0.05, 0) is 13.0 Å². The summed E-state index contributed by atoms with van der Waals surface area (Å²) in [5.74, 6) is 1.80. The molecule has 0 saturated heterocycles. The van der Waals surface area contributed by atoms with E-state index in [0.717, 1.165) is 43.5 Å². The Bertz CT molecular complexity index is 603. The second-order valence-corrected chi connectivity index (χ2v) is 4.86. The van der Waals surface area contributed by atoms with E-state index in [2.05, 4.69) is 49.3 Å². The summed E-state index contributed by atoms with van der Waals surface area (Å²) in [4.78, 5) is 4.57. The highest BCUT2D eigenvalue weighted by Crippen LogP contribution is 1.98. The molecule has 0 atom stereocenters. The molecule has 0 unspecified atom stereocenters. The average molecular weight is 432 g/mol. The maximum absolute atomic E-state index is 4.57. The van der Waals surface area contributed by atoms with Crippen LogP contribution in [-0.4, -0.2) is 43.6 Å². The van der Waals surface area contributed by atoms with Crippen LogP contribution in [-0.2, 0) is 26.6 Å². The first kappa shape index (κ1) is 19.4. The largest absolute Gasteiger partial charge is 0.357 e. The fraction of sp³-hybridized carbons (Fsp3) is 0.571. The number of hydrogen-bond acceptors (Lipinski definition) is 4. The van der Waals surface area contributed by atoms with E-state index in [-0.39, 0.29) is 24.0 Å². The van der Waals surface area contributed by atoms with Gasteiger partial charge in [-0.2, -0.15) is 5.10 Å². The molecule has 0 bridgehead atoms. The first-order valence-electron chi connectivity index (χ1n) is 7.60. The number of aliphatic imine (C=N–C) groups is 1. The molecule has 0 aliphatic heterocycles. The summed E-state index contributed by atoms with van der Waals surface area (Å²) in [6.45, 7) is 7.13. The van der Waals surface area contributed by atoms with Crippen molar-refractivity contribution in [2.75, 3.05) is 13.1 Å². The van der Waals surface area contributed by atoms with Crippen LogP contribution in [0.15, 0.2) is 23.6 Å². The molecule has 23 heavy (non-hydrogen) atoms. The molecule has 9 heteroatoms. The fourth-order valence-corrected chi connectivity index (χ4v) is 2.09. The number of guanidine groups is 1. The van der Waals surface area contributed by atoms with Crippen molar-refractivity contribution in [2.45, 2.75) is 33.4 Å². The maximum Gasteiger partial charge on any atom is 0.191 e. The van der Waals surface area contributed by atoms with Gasteiger partial charge in [-0.1, -0.05) is 6.92 Å². The molecule has 0 radical (unpaired) electrons. The number of rotatable bonds is 7. The summed E-state index contributed by atoms with van der Waals surface area (Å²) in [5.41, 5.74) is 1.07. The van der Waals surface area contributed by atoms with Gasteiger partial charge in [-0.25, -0.2) is 4.99 Å². The molecule has 0 aromatic carbocycles. The Kier molecular flexibility index (Phi) is 8.59. The predicted octanol–water partition coefficient (Wildman–Crippen LogP) is 0.947. The smallest absolute Gasteiger partial charge is 0.191 e. The maximum atomic E-state index is 4.57. The second kappa shape index (κ2) is 10.2. The van der Waals surface area contributed by atoms with E-state index in [9.17, 15) is 0 Å². The van der Waals surface area contributed by atoms with Crippen LogP contribution in [0, 0.1) is 0 Å². The highest BCUT2D eigenvalue weighted by Gasteiger charge is 2.03. The molecule has 2 heterocycles. The van der Waals surface area contributed by atoms with Crippen LogP contribution in [0.5, 0.6) is 0 Å². The Morgan fingerprint density at radius 3 is 2.78 bits per heavy atom. The zero-order chi connectivity index (χ0) is 15.8. The molecule has 0 saturated carbocycles. The van der Waals surface area contributed by atoms with Gasteiger partial charge < -0.3 is 15.2 Å². The molecule has 2 rings (SSSR count). The van der Waals surface area contributed by atoms with E-state index in [4.69, 9.17) is 0 Å². The molecule has 128 valence electrons. The Balaban J connectivity index is 0.00000264. The summed E-state index contributed by atoms with van der Waals surface area (Å²) in [7, 11) is 1.92. The van der Waals surface area contributed by atoms with Gasteiger partial charge in [0.2, 0.25) is 0 Å². The minimum Gasteiger partial charge on any atom is -0.357 e. The number of aryl methyl sites for hydroxylation is 2. The van der Waals surface area contributed by atoms with Crippen LogP contribution in [0.25, 0.3) is 0 Å². The van der Waals surface area contributed by atoms with Crippen molar-refractivity contribution in [3.63, 3.8) is 0 Å². The molecule has 2 aromatic heterocycles. The van der Waals surface area contributed by atoms with Crippen molar-refractivity contribution < 1.29 is 0 Å². The summed E-state index contributed by atoms with van der Waals surface area (Å²) in [6, 6.07) is 1.97. The molecule has 2 aromatic rings. The van der Waals surface area contributed by atoms with Gasteiger partial charge >= 0.3 is 0 Å². The van der Waals surface area contributed by atoms with Crippen LogP contribution < -0.4 is 10.6 Å². The molecule has 8 nitrogen and oxygen atoms in total. The lowest BCUT2D eigenvalue weighted by Gasteiger charge is -2.12. The first-order chi connectivity index (χ1) is 10.7. The average Bonchev–Trinajstić information content (AvgIpc) is 3.13. The zero-order valence-corrected chi connectivity index (χ0v) is 16.2. The number of halogens is 1. The second-order valence-electron chi connectivity index (χ2n) is 4.86. The summed E-state index contributed by atoms with van der Waals surface area (Å²) < 4.78 is 3.88. The lowest BCUT2D eigenvalue weighted by atomic mass is 10.4. The minimum atomic E-state index is 0. The van der Waals surface area contributed by atoms with E-state index in [1.165, 1.54) is 0 Å². The Morgan fingerprint density at radius 1 is 1.30 bits per heavy atom. The van der Waals surface area contributed by atoms with Crippen LogP contribution in [0.2, 0.25) is 0 Å². The van der Waals surface area contributed by atoms with Crippen molar-refractivity contribution in [2.24, 2.45) is 12.0 Å². The van der Waals surface area contributed by atoms with Gasteiger partial charge in [0.25, 0.3) is 0 Å². The predicted molar refractivity (Wildman–Crippen MR) is 101 cm³/mol. The van der Waals surface area contributed by atoms with E-state index in [1.54, 1.807) is 12.5 Å². The Morgan fingerprint density at radius 2 is 2.13 bits per heavy atom. The SMILES string of the molecule is CCNC(=NCc1ccnn1C)NCCn1cnnc1CC.I. The first-order valence-corrected chi connectivity index (χ1v) is 7.60. The van der Waals surface area contributed by atoms with Gasteiger partial charge in [0.1, 0.15) is 12.2 Å². The normalized spacial score (nSPS) is 11.2. The van der Waals surface area contributed by atoms with Crippen molar-refractivity contribution in [3.05, 3.63) is 30.1 Å². The van der Waals surface area contributed by atoms with Crippen LogP contribution >= 0.6 is 24.0 Å². The van der Waals surface area contributed by atoms with Gasteiger partial charge in [0, 0.05) is 39.3 Å². The van der Waals surface area contributed by atoms with E-state index >= 15 is 0 Å². The van der Waals surface area contributed by atoms with Gasteiger partial charge in [-0.15, -0.1) is 34.2 Å². The van der Waals surface area contributed by atoms with Gasteiger partial charge in [0.15, 0.2) is 5.96 Å². The lowest BCUT2D eigenvalue weighted by molar-refractivity contribution is 0.631. The van der Waals surface area contributed by atoms with Crippen molar-refractivity contribution in [1.29, 1.82) is 0 Å². The van der Waals surface area contributed by atoms with E-state index < -0.39 is 0 Å². The number of nitrogens with zero attached hydrogens (tertiary/aromatic N) is 6. The summed E-state index contributed by atoms with van der Waals surface area (Å²) in [5, 5.41) is 18.7. The molecule has 0 aliphatic rings. The third-order valence-electron chi connectivity index (χ3n) is 3.32. The van der Waals surface area contributed by atoms with Crippen LogP contribution in [0.4, 0.5) is 0 Å². The van der Waals surface area contributed by atoms with Gasteiger partial charge in [-0.3, -0.25) is 4.68 Å². The molecule has 0 fully saturated rings. The highest BCUT2D eigenvalue weighted by atomic mass is 127. The minimum absolute atomic E-state index is 0. The molecule has 0 aliphatic carbocycles. The number of aromatic nitrogens is 5. The monoisotopic (exact) mass is 432 g/mol. The quantitative estimate of drug-likeness (QED) is 0.387. The third-order valence-corrected chi connectivity index (χ3v) is 3.32. The molecular formula is C14H25IN8. The molecule has 0 spiro atoms. The van der Waals surface area contributed by atoms with Crippen molar-refractivity contribution in [3.8, 4) is 0 Å². The Hall–Kier alpha value is -1.65. The summed E-state index contributed by atoms with van der Waals surface area (Å²) in [6.07, 6.45) is 4.43. The van der Waals surface area contributed by atoms with Gasteiger partial charge in [0.05, 0.1) is 12.2 Å². The lowest BCUT2D eigenvalue weighted by Crippen LogP contribution is -2.39. The third kappa shape index (κ3) is 5.81. The fourth-order valence-electron chi connectivity index (χ4n) is 2.09. The molecule has 0 amide bonds. The van der Waals surface area contributed by atoms with Crippen molar-refractivity contribution in [1.82, 2.24) is 35.2 Å². The highest BCUT2D eigenvalue weighted by molar-refractivity contribution is 14.0. The zero-order valence-electron chi connectivity index (χ0n) is 13.9. The van der Waals surface area contributed by atoms with Crippen LogP contribution in [0.1, 0.15) is 25.4 Å².